The first kappa shape index (κ1) is 24.3. The lowest BCUT2D eigenvalue weighted by molar-refractivity contribution is -0.136. The number of aliphatic hydroxyl groups is 1. The van der Waals surface area contributed by atoms with Gasteiger partial charge in [0.25, 0.3) is 0 Å². The molecule has 0 fully saturated rings. The first-order chi connectivity index (χ1) is 15.6. The van der Waals surface area contributed by atoms with E-state index in [2.05, 4.69) is 27.9 Å². The predicted molar refractivity (Wildman–Crippen MR) is 131 cm³/mol. The maximum atomic E-state index is 11.0. The number of rotatable bonds is 10. The van der Waals surface area contributed by atoms with E-state index in [0.717, 1.165) is 40.7 Å². The fraction of sp³-hybridized carbons (Fsp3) is 0.231. The minimum absolute atomic E-state index is 0. The molecule has 0 amide bonds. The zero-order valence-corrected chi connectivity index (χ0v) is 19.0. The lowest BCUT2D eigenvalue weighted by Gasteiger charge is -2.08. The fourth-order valence-electron chi connectivity index (χ4n) is 3.84. The Labute approximate surface area is 198 Å². The van der Waals surface area contributed by atoms with E-state index in [1.54, 1.807) is 0 Å². The highest BCUT2D eigenvalue weighted by molar-refractivity contribution is 5.86. The number of fused-ring (bicyclic) bond motifs is 1. The van der Waals surface area contributed by atoms with Crippen LogP contribution in [0.5, 0.6) is 5.75 Å². The molecule has 0 unspecified atom stereocenters. The van der Waals surface area contributed by atoms with Gasteiger partial charge in [-0.25, -0.2) is 0 Å². The third kappa shape index (κ3) is 6.12. The molecule has 0 aliphatic rings. The number of hydrogen-bond acceptors (Lipinski definition) is 4. The molecule has 4 rings (SSSR count). The van der Waals surface area contributed by atoms with Crippen LogP contribution in [-0.4, -0.2) is 38.9 Å². The van der Waals surface area contributed by atoms with Crippen molar-refractivity contribution in [3.8, 4) is 11.4 Å². The van der Waals surface area contributed by atoms with Crippen molar-refractivity contribution in [1.82, 2.24) is 9.55 Å². The van der Waals surface area contributed by atoms with Crippen LogP contribution < -0.4 is 4.74 Å². The Balaban J connectivity index is 0.00000306. The zero-order chi connectivity index (χ0) is 22.3. The smallest absolute Gasteiger partial charge is 0.303 e. The van der Waals surface area contributed by atoms with Gasteiger partial charge in [-0.15, -0.1) is 12.4 Å². The summed E-state index contributed by atoms with van der Waals surface area (Å²) in [5, 5.41) is 19.1. The lowest BCUT2D eigenvalue weighted by Crippen LogP contribution is -2.01. The third-order valence-corrected chi connectivity index (χ3v) is 5.43. The molecule has 0 spiro atoms. The van der Waals surface area contributed by atoms with E-state index >= 15 is 0 Å². The largest absolute Gasteiger partial charge is 0.491 e. The summed E-state index contributed by atoms with van der Waals surface area (Å²) < 4.78 is 7.63. The molecule has 4 aromatic rings. The van der Waals surface area contributed by atoms with Crippen LogP contribution in [0.1, 0.15) is 23.2 Å². The van der Waals surface area contributed by atoms with E-state index in [1.807, 2.05) is 54.7 Å². The van der Waals surface area contributed by atoms with Crippen molar-refractivity contribution in [3.05, 3.63) is 89.9 Å². The summed E-state index contributed by atoms with van der Waals surface area (Å²) in [5.41, 5.74) is 5.34. The van der Waals surface area contributed by atoms with Gasteiger partial charge in [-0.1, -0.05) is 12.1 Å². The van der Waals surface area contributed by atoms with Crippen LogP contribution in [-0.2, 0) is 24.1 Å². The summed E-state index contributed by atoms with van der Waals surface area (Å²) in [5.74, 6) is -0.0767. The third-order valence-electron chi connectivity index (χ3n) is 5.43. The molecule has 0 radical (unpaired) electrons. The monoisotopic (exact) mass is 466 g/mol. The van der Waals surface area contributed by atoms with Gasteiger partial charge in [0.05, 0.1) is 12.1 Å². The molecule has 0 saturated carbocycles. The number of ether oxygens (including phenoxy) is 1. The van der Waals surface area contributed by atoms with E-state index in [1.165, 1.54) is 5.56 Å². The van der Waals surface area contributed by atoms with Gasteiger partial charge in [-0.05, 0) is 78.9 Å². The quantitative estimate of drug-likeness (QED) is 0.356. The first-order valence-corrected chi connectivity index (χ1v) is 10.7. The van der Waals surface area contributed by atoms with Gasteiger partial charge in [-0.3, -0.25) is 9.78 Å². The lowest BCUT2D eigenvalue weighted by atomic mass is 10.0. The number of aromatic nitrogens is 2. The molecule has 172 valence electrons. The summed E-state index contributed by atoms with van der Waals surface area (Å²) >= 11 is 0. The molecular weight excluding hydrogens is 440 g/mol. The highest BCUT2D eigenvalue weighted by Gasteiger charge is 2.12. The standard InChI is InChI=1S/C26H26N2O4.ClH/c29-15-16-32-23-10-8-22(9-11-23)28-18-20(6-7-21-3-1-2-14-27-21)24-17-19(4-12-25(24)28)5-13-26(30)31;/h1-4,8-12,14,17-18,29H,5-7,13,15-16H2,(H,30,31);1H. The number of carbonyl (C=O) groups is 1. The van der Waals surface area contributed by atoms with E-state index in [-0.39, 0.29) is 32.0 Å². The van der Waals surface area contributed by atoms with Crippen LogP contribution in [0, 0.1) is 0 Å². The van der Waals surface area contributed by atoms with Crippen molar-refractivity contribution in [2.75, 3.05) is 13.2 Å². The second-order valence-electron chi connectivity index (χ2n) is 7.66. The van der Waals surface area contributed by atoms with Crippen LogP contribution in [0.25, 0.3) is 16.6 Å². The van der Waals surface area contributed by atoms with Crippen molar-refractivity contribution in [3.63, 3.8) is 0 Å². The topological polar surface area (TPSA) is 84.6 Å². The number of aliphatic carboxylic acids is 1. The average Bonchev–Trinajstić information content (AvgIpc) is 3.19. The number of hydrogen-bond donors (Lipinski definition) is 2. The van der Waals surface area contributed by atoms with Crippen LogP contribution in [0.4, 0.5) is 0 Å². The van der Waals surface area contributed by atoms with Gasteiger partial charge in [0.2, 0.25) is 0 Å². The van der Waals surface area contributed by atoms with Crippen LogP contribution in [0.3, 0.4) is 0 Å². The van der Waals surface area contributed by atoms with Gasteiger partial charge in [0.15, 0.2) is 0 Å². The van der Waals surface area contributed by atoms with Crippen molar-refractivity contribution < 1.29 is 19.7 Å². The number of pyridine rings is 1. The van der Waals surface area contributed by atoms with E-state index in [4.69, 9.17) is 14.9 Å². The summed E-state index contributed by atoms with van der Waals surface area (Å²) in [6.45, 7) is 0.246. The van der Waals surface area contributed by atoms with E-state index in [9.17, 15) is 4.79 Å². The number of carboxylic acid groups (broad SMARTS) is 1. The van der Waals surface area contributed by atoms with Crippen LogP contribution in [0.15, 0.2) is 73.1 Å². The van der Waals surface area contributed by atoms with Crippen molar-refractivity contribution in [1.29, 1.82) is 0 Å². The second kappa shape index (κ2) is 11.5. The molecule has 6 nitrogen and oxygen atoms in total. The molecule has 2 aromatic heterocycles. The molecule has 2 N–H and O–H groups in total. The summed E-state index contributed by atoms with van der Waals surface area (Å²) in [7, 11) is 0. The molecule has 0 saturated heterocycles. The Morgan fingerprint density at radius 3 is 2.52 bits per heavy atom. The number of nitrogens with zero attached hydrogens (tertiary/aromatic N) is 2. The Morgan fingerprint density at radius 1 is 1.00 bits per heavy atom. The highest BCUT2D eigenvalue weighted by Crippen LogP contribution is 2.28. The van der Waals surface area contributed by atoms with E-state index < -0.39 is 5.97 Å². The SMILES string of the molecule is Cl.O=C(O)CCc1ccc2c(c1)c(CCc1ccccn1)cn2-c1ccc(OCCO)cc1. The normalized spacial score (nSPS) is 10.7. The van der Waals surface area contributed by atoms with Crippen molar-refractivity contribution in [2.24, 2.45) is 0 Å². The highest BCUT2D eigenvalue weighted by atomic mass is 35.5. The summed E-state index contributed by atoms with van der Waals surface area (Å²) in [6, 6.07) is 19.9. The molecule has 0 aliphatic heterocycles. The molecule has 33 heavy (non-hydrogen) atoms. The summed E-state index contributed by atoms with van der Waals surface area (Å²) in [4.78, 5) is 15.4. The Kier molecular flexibility index (Phi) is 8.46. The minimum Gasteiger partial charge on any atom is -0.491 e. The van der Waals surface area contributed by atoms with Crippen molar-refractivity contribution in [2.45, 2.75) is 25.7 Å². The zero-order valence-electron chi connectivity index (χ0n) is 18.2. The number of halogens is 1. The Hall–Kier alpha value is -3.35. The maximum absolute atomic E-state index is 11.0. The molecule has 2 heterocycles. The fourth-order valence-corrected chi connectivity index (χ4v) is 3.84. The Morgan fingerprint density at radius 2 is 1.82 bits per heavy atom. The molecule has 0 atom stereocenters. The summed E-state index contributed by atoms with van der Waals surface area (Å²) in [6.07, 6.45) is 6.24. The first-order valence-electron chi connectivity index (χ1n) is 10.7. The van der Waals surface area contributed by atoms with Gasteiger partial charge < -0.3 is 19.5 Å². The Bertz CT molecular complexity index is 1190. The second-order valence-corrected chi connectivity index (χ2v) is 7.66. The van der Waals surface area contributed by atoms with E-state index in [0.29, 0.717) is 12.2 Å². The molecule has 7 heteroatoms. The maximum Gasteiger partial charge on any atom is 0.303 e. The number of aliphatic hydroxyl groups excluding tert-OH is 1. The van der Waals surface area contributed by atoms with Gasteiger partial charge >= 0.3 is 5.97 Å². The number of benzene rings is 2. The van der Waals surface area contributed by atoms with Gasteiger partial charge in [0.1, 0.15) is 12.4 Å². The molecular formula is C26H27ClN2O4. The minimum atomic E-state index is -0.790. The van der Waals surface area contributed by atoms with Gasteiger partial charge in [-0.2, -0.15) is 0 Å². The molecule has 0 aliphatic carbocycles. The van der Waals surface area contributed by atoms with Crippen LogP contribution in [0.2, 0.25) is 0 Å². The number of carboxylic acids is 1. The molecule has 0 bridgehead atoms. The van der Waals surface area contributed by atoms with Gasteiger partial charge in [0, 0.05) is 35.6 Å². The number of aryl methyl sites for hydroxylation is 3. The predicted octanol–water partition coefficient (Wildman–Crippen LogP) is 4.62. The van der Waals surface area contributed by atoms with Crippen LogP contribution >= 0.6 is 12.4 Å². The average molecular weight is 467 g/mol. The van der Waals surface area contributed by atoms with Crippen molar-refractivity contribution >= 4 is 29.3 Å². The molecule has 2 aromatic carbocycles.